The topological polar surface area (TPSA) is 51.8 Å². The number of aromatic nitrogens is 3. The van der Waals surface area contributed by atoms with Crippen molar-refractivity contribution in [3.05, 3.63) is 136 Å². The quantitative estimate of drug-likeness (QED) is 0.156. The Balaban J connectivity index is 0.000000283. The molecule has 1 radical (unpaired) electrons. The molecule has 4 heterocycles. The van der Waals surface area contributed by atoms with E-state index in [2.05, 4.69) is 154 Å². The molecule has 7 aromatic rings. The minimum absolute atomic E-state index is 0. The maximum atomic E-state index is 6.47. The molecule has 4 aromatic heterocycles. The first kappa shape index (κ1) is 39.8. The summed E-state index contributed by atoms with van der Waals surface area (Å²) in [5.74, 6) is 0.803. The minimum atomic E-state index is 0. The van der Waals surface area contributed by atoms with Gasteiger partial charge in [0.05, 0.1) is 11.3 Å². The van der Waals surface area contributed by atoms with Crippen LogP contribution in [0.25, 0.3) is 55.8 Å². The van der Waals surface area contributed by atoms with Gasteiger partial charge >= 0.3 is 0 Å². The number of rotatable bonds is 6. The average Bonchev–Trinajstić information content (AvgIpc) is 3.48. The Morgan fingerprint density at radius 1 is 0.698 bits per heavy atom. The van der Waals surface area contributed by atoms with Gasteiger partial charge in [0, 0.05) is 43.4 Å². The van der Waals surface area contributed by atoms with Crippen LogP contribution >= 0.6 is 0 Å². The average molecular weight is 878 g/mol. The Morgan fingerprint density at radius 2 is 1.38 bits per heavy atom. The number of fused-ring (bicyclic) bond motifs is 3. The first-order valence-electron chi connectivity index (χ1n) is 18.4. The first-order valence-corrected chi connectivity index (χ1v) is 18.4. The van der Waals surface area contributed by atoms with Gasteiger partial charge in [0.2, 0.25) is 5.71 Å². The fourth-order valence-electron chi connectivity index (χ4n) is 6.71. The van der Waals surface area contributed by atoms with Crippen LogP contribution in [0.15, 0.2) is 89.6 Å². The smallest absolute Gasteiger partial charge is 0.216 e. The van der Waals surface area contributed by atoms with Crippen LogP contribution in [-0.4, -0.2) is 15.0 Å². The molecule has 0 unspecified atom stereocenters. The van der Waals surface area contributed by atoms with Gasteiger partial charge in [-0.1, -0.05) is 108 Å². The number of aryl methyl sites for hydroxylation is 4. The summed E-state index contributed by atoms with van der Waals surface area (Å²) in [6.45, 7) is 24.2. The van der Waals surface area contributed by atoms with E-state index in [0.29, 0.717) is 17.5 Å². The molecule has 5 heteroatoms. The van der Waals surface area contributed by atoms with E-state index in [9.17, 15) is 0 Å². The van der Waals surface area contributed by atoms with E-state index >= 15 is 0 Å². The third-order valence-corrected chi connectivity index (χ3v) is 9.74. The van der Waals surface area contributed by atoms with Crippen molar-refractivity contribution in [3.8, 4) is 33.8 Å². The molecule has 0 spiro atoms. The normalized spacial score (nSPS) is 11.6. The van der Waals surface area contributed by atoms with Gasteiger partial charge in [-0.2, -0.15) is 0 Å². The van der Waals surface area contributed by atoms with Crippen LogP contribution in [0.3, 0.4) is 0 Å². The summed E-state index contributed by atoms with van der Waals surface area (Å²) in [6, 6.07) is 32.0. The molecule has 0 aliphatic carbocycles. The molecule has 0 saturated heterocycles. The van der Waals surface area contributed by atoms with Crippen LogP contribution in [0.1, 0.15) is 99.2 Å². The molecule has 0 aliphatic rings. The number of pyridine rings is 3. The van der Waals surface area contributed by atoms with Gasteiger partial charge in [0.1, 0.15) is 0 Å². The third-order valence-electron chi connectivity index (χ3n) is 9.74. The zero-order valence-corrected chi connectivity index (χ0v) is 35.4. The van der Waals surface area contributed by atoms with E-state index in [1.54, 1.807) is 0 Å². The van der Waals surface area contributed by atoms with Crippen molar-refractivity contribution in [1.82, 2.24) is 15.0 Å². The number of hydrogen-bond acceptors (Lipinski definition) is 4. The molecule has 0 atom stereocenters. The fourth-order valence-corrected chi connectivity index (χ4v) is 6.71. The SMILES string of the molecule is Cc1c[c-]c(-c2cc(C)c(C)cn2)cc1.Cc1cc(-c2[c-]ccc3c2oc2nc(-c4c(C(C)C)cccc4C(C)C)ccc23)ncc1CC(C)(C)C.[Ir]. The summed E-state index contributed by atoms with van der Waals surface area (Å²) in [6.07, 6.45) is 4.92. The second-order valence-electron chi connectivity index (χ2n) is 16.0. The monoisotopic (exact) mass is 878 g/mol. The zero-order valence-electron chi connectivity index (χ0n) is 33.0. The Morgan fingerprint density at radius 3 is 1.98 bits per heavy atom. The second kappa shape index (κ2) is 16.3. The Bertz CT molecular complexity index is 2330. The predicted octanol–water partition coefficient (Wildman–Crippen LogP) is 13.1. The Labute approximate surface area is 329 Å². The maximum absolute atomic E-state index is 6.47. The molecule has 0 N–H and O–H groups in total. The van der Waals surface area contributed by atoms with E-state index in [0.717, 1.165) is 51.0 Å². The summed E-state index contributed by atoms with van der Waals surface area (Å²) in [5, 5.41) is 2.06. The van der Waals surface area contributed by atoms with Crippen molar-refractivity contribution in [2.75, 3.05) is 0 Å². The van der Waals surface area contributed by atoms with Crippen molar-refractivity contribution >= 4 is 22.1 Å². The predicted molar refractivity (Wildman–Crippen MR) is 218 cm³/mol. The molecule has 3 aromatic carbocycles. The molecule has 275 valence electrons. The summed E-state index contributed by atoms with van der Waals surface area (Å²) in [4.78, 5) is 14.3. The summed E-state index contributed by atoms with van der Waals surface area (Å²) < 4.78 is 6.47. The minimum Gasteiger partial charge on any atom is -0.486 e. The van der Waals surface area contributed by atoms with Gasteiger partial charge in [-0.3, -0.25) is 0 Å². The second-order valence-corrected chi connectivity index (χ2v) is 16.0. The molecule has 53 heavy (non-hydrogen) atoms. The van der Waals surface area contributed by atoms with Gasteiger partial charge in [-0.05, 0) is 90.2 Å². The van der Waals surface area contributed by atoms with Gasteiger partial charge in [0.25, 0.3) is 0 Å². The van der Waals surface area contributed by atoms with Crippen LogP contribution < -0.4 is 0 Å². The molecular formula is C48H51IrN3O-2. The number of hydrogen-bond donors (Lipinski definition) is 0. The van der Waals surface area contributed by atoms with E-state index < -0.39 is 0 Å². The van der Waals surface area contributed by atoms with Crippen LogP contribution in [0.2, 0.25) is 0 Å². The van der Waals surface area contributed by atoms with Gasteiger partial charge in [-0.15, -0.1) is 53.6 Å². The molecule has 0 fully saturated rings. The van der Waals surface area contributed by atoms with E-state index in [1.807, 2.05) is 24.5 Å². The van der Waals surface area contributed by atoms with Gasteiger partial charge in [-0.25, -0.2) is 4.98 Å². The van der Waals surface area contributed by atoms with Crippen molar-refractivity contribution in [2.24, 2.45) is 5.41 Å². The van der Waals surface area contributed by atoms with E-state index in [1.165, 1.54) is 44.5 Å². The standard InChI is InChI=1S/C34H37N2O.C14H14N.Ir/c1-20(2)24-11-9-12-25(21(3)4)31(24)29-16-15-27-26-13-10-14-28(32(26)37-33(27)36-29)30-17-22(5)23(19-35-30)18-34(6,7)8;1-10-4-6-13(7-5-10)14-8-11(2)12(3)9-15-14;/h9-13,15-17,19-21H,18H2,1-8H3;4-6,8-9H,1-3H3;/q2*-1;. The van der Waals surface area contributed by atoms with E-state index in [4.69, 9.17) is 14.4 Å². The summed E-state index contributed by atoms with van der Waals surface area (Å²) >= 11 is 0. The van der Waals surface area contributed by atoms with Crippen molar-refractivity contribution in [2.45, 2.75) is 94.4 Å². The fraction of sp³-hybridized carbons (Fsp3) is 0.312. The van der Waals surface area contributed by atoms with Crippen LogP contribution in [0.5, 0.6) is 0 Å². The molecule has 0 saturated carbocycles. The molecule has 7 rings (SSSR count). The van der Waals surface area contributed by atoms with Gasteiger partial charge in [0.15, 0.2) is 0 Å². The molecular weight excluding hydrogens is 827 g/mol. The van der Waals surface area contributed by atoms with Crippen LogP contribution in [0.4, 0.5) is 0 Å². The molecule has 0 amide bonds. The van der Waals surface area contributed by atoms with Crippen LogP contribution in [-0.2, 0) is 26.5 Å². The summed E-state index contributed by atoms with van der Waals surface area (Å²) in [7, 11) is 0. The van der Waals surface area contributed by atoms with Crippen molar-refractivity contribution in [1.29, 1.82) is 0 Å². The zero-order chi connectivity index (χ0) is 37.3. The number of benzene rings is 3. The Kier molecular flexibility index (Phi) is 12.2. The van der Waals surface area contributed by atoms with Crippen LogP contribution in [0, 0.1) is 45.2 Å². The van der Waals surface area contributed by atoms with Crippen molar-refractivity contribution < 1.29 is 24.5 Å². The largest absolute Gasteiger partial charge is 0.486 e. The summed E-state index contributed by atoms with van der Waals surface area (Å²) in [5.41, 5.74) is 16.6. The molecule has 4 nitrogen and oxygen atoms in total. The van der Waals surface area contributed by atoms with E-state index in [-0.39, 0.29) is 25.5 Å². The first-order chi connectivity index (χ1) is 24.7. The molecule has 0 aliphatic heterocycles. The van der Waals surface area contributed by atoms with Crippen molar-refractivity contribution in [3.63, 3.8) is 0 Å². The Hall–Kier alpha value is -4.44. The number of nitrogens with zero attached hydrogens (tertiary/aromatic N) is 3. The molecule has 0 bridgehead atoms. The third kappa shape index (κ3) is 8.86. The van der Waals surface area contributed by atoms with Gasteiger partial charge < -0.3 is 14.4 Å². The maximum Gasteiger partial charge on any atom is 0.216 e. The number of furan rings is 1.